The van der Waals surface area contributed by atoms with E-state index in [2.05, 4.69) is 10.5 Å². The lowest BCUT2D eigenvalue weighted by molar-refractivity contribution is 0.392. The minimum Gasteiger partial charge on any atom is -0.376 e. The zero-order chi connectivity index (χ0) is 13.3. The first-order valence-electron chi connectivity index (χ1n) is 5.61. The first kappa shape index (κ1) is 12.5. The van der Waals surface area contributed by atoms with Gasteiger partial charge in [0, 0.05) is 12.1 Å². The van der Waals surface area contributed by atoms with Gasteiger partial charge in [0.05, 0.1) is 5.69 Å². The summed E-state index contributed by atoms with van der Waals surface area (Å²) in [4.78, 5) is 0. The number of aryl methyl sites for hydroxylation is 3. The van der Waals surface area contributed by atoms with Crippen LogP contribution in [0.2, 0.25) is 0 Å². The molecule has 0 radical (unpaired) electrons. The maximum atomic E-state index is 13.8. The van der Waals surface area contributed by atoms with E-state index in [4.69, 9.17) is 4.52 Å². The van der Waals surface area contributed by atoms with Gasteiger partial charge >= 0.3 is 0 Å². The minimum absolute atomic E-state index is 0.116. The summed E-state index contributed by atoms with van der Waals surface area (Å²) in [6.07, 6.45) is 0. The van der Waals surface area contributed by atoms with E-state index in [1.807, 2.05) is 0 Å². The summed E-state index contributed by atoms with van der Waals surface area (Å²) in [5.74, 6) is -0.528. The number of benzene rings is 1. The predicted molar refractivity (Wildman–Crippen MR) is 64.4 cm³/mol. The van der Waals surface area contributed by atoms with Crippen LogP contribution >= 0.6 is 0 Å². The lowest BCUT2D eigenvalue weighted by Crippen LogP contribution is -2.06. The predicted octanol–water partition coefficient (Wildman–Crippen LogP) is 3.49. The molecule has 3 nitrogen and oxygen atoms in total. The molecule has 1 aromatic heterocycles. The lowest BCUT2D eigenvalue weighted by atomic mass is 10.1. The van der Waals surface area contributed by atoms with Crippen molar-refractivity contribution in [1.29, 1.82) is 0 Å². The maximum absolute atomic E-state index is 13.8. The van der Waals surface area contributed by atoms with Crippen molar-refractivity contribution in [2.45, 2.75) is 27.3 Å². The van der Waals surface area contributed by atoms with E-state index in [0.29, 0.717) is 17.0 Å². The molecular formula is C13H14F2N2O. The molecule has 0 bridgehead atoms. The van der Waals surface area contributed by atoms with Gasteiger partial charge in [-0.3, -0.25) is 0 Å². The Morgan fingerprint density at radius 2 is 1.94 bits per heavy atom. The molecule has 0 aliphatic carbocycles. The molecule has 0 fully saturated rings. The molecule has 0 unspecified atom stereocenters. The van der Waals surface area contributed by atoms with Gasteiger partial charge in [0.1, 0.15) is 17.3 Å². The van der Waals surface area contributed by atoms with Gasteiger partial charge in [-0.1, -0.05) is 11.2 Å². The number of nitrogens with one attached hydrogen (secondary N) is 1. The van der Waals surface area contributed by atoms with Crippen LogP contribution in [0.4, 0.5) is 14.5 Å². The summed E-state index contributed by atoms with van der Waals surface area (Å²) < 4.78 is 32.3. The van der Waals surface area contributed by atoms with E-state index < -0.39 is 11.6 Å². The van der Waals surface area contributed by atoms with Crippen molar-refractivity contribution in [2.75, 3.05) is 5.32 Å². The highest BCUT2D eigenvalue weighted by molar-refractivity contribution is 5.49. The van der Waals surface area contributed by atoms with E-state index in [-0.39, 0.29) is 12.2 Å². The van der Waals surface area contributed by atoms with Crippen molar-refractivity contribution in [1.82, 2.24) is 5.16 Å². The molecule has 2 rings (SSSR count). The molecule has 0 spiro atoms. The van der Waals surface area contributed by atoms with Crippen molar-refractivity contribution in [2.24, 2.45) is 0 Å². The van der Waals surface area contributed by atoms with Crippen LogP contribution in [0.5, 0.6) is 0 Å². The van der Waals surface area contributed by atoms with Gasteiger partial charge in [0.2, 0.25) is 0 Å². The molecule has 0 saturated heterocycles. The van der Waals surface area contributed by atoms with Crippen LogP contribution in [0, 0.1) is 32.4 Å². The molecule has 0 saturated carbocycles. The monoisotopic (exact) mass is 252 g/mol. The van der Waals surface area contributed by atoms with E-state index in [1.165, 1.54) is 12.1 Å². The van der Waals surface area contributed by atoms with Gasteiger partial charge in [-0.15, -0.1) is 0 Å². The zero-order valence-electron chi connectivity index (χ0n) is 10.5. The van der Waals surface area contributed by atoms with E-state index in [9.17, 15) is 8.78 Å². The molecule has 0 aliphatic heterocycles. The smallest absolute Gasteiger partial charge is 0.152 e. The SMILES string of the molecule is Cc1ccc(F)c(NCc2c(C)noc2C)c1F. The normalized spacial score (nSPS) is 10.7. The number of nitrogens with zero attached hydrogens (tertiary/aromatic N) is 1. The second-order valence-electron chi connectivity index (χ2n) is 4.21. The second kappa shape index (κ2) is 4.76. The Morgan fingerprint density at radius 3 is 2.56 bits per heavy atom. The number of hydrogen-bond donors (Lipinski definition) is 1. The fraction of sp³-hybridized carbons (Fsp3) is 0.308. The van der Waals surface area contributed by atoms with Gasteiger partial charge in [0.15, 0.2) is 5.82 Å². The zero-order valence-corrected chi connectivity index (χ0v) is 10.5. The highest BCUT2D eigenvalue weighted by Gasteiger charge is 2.13. The standard InChI is InChI=1S/C13H14F2N2O/c1-7-4-5-11(14)13(12(7)15)16-6-10-8(2)17-18-9(10)3/h4-5,16H,6H2,1-3H3. The largest absolute Gasteiger partial charge is 0.376 e. The van der Waals surface area contributed by atoms with Crippen LogP contribution in [-0.2, 0) is 6.54 Å². The first-order valence-corrected chi connectivity index (χ1v) is 5.61. The number of aromatic nitrogens is 1. The highest BCUT2D eigenvalue weighted by Crippen LogP contribution is 2.23. The Bertz CT molecular complexity index is 559. The van der Waals surface area contributed by atoms with E-state index >= 15 is 0 Å². The minimum atomic E-state index is -0.607. The van der Waals surface area contributed by atoms with Gasteiger partial charge in [0.25, 0.3) is 0 Å². The summed E-state index contributed by atoms with van der Waals surface area (Å²) in [5, 5.41) is 6.54. The van der Waals surface area contributed by atoms with Crippen molar-refractivity contribution in [3.05, 3.63) is 46.3 Å². The van der Waals surface area contributed by atoms with Crippen molar-refractivity contribution >= 4 is 5.69 Å². The molecule has 1 heterocycles. The van der Waals surface area contributed by atoms with Crippen LogP contribution < -0.4 is 5.32 Å². The number of anilines is 1. The van der Waals surface area contributed by atoms with Gasteiger partial charge in [-0.2, -0.15) is 0 Å². The van der Waals surface area contributed by atoms with Crippen LogP contribution in [0.25, 0.3) is 0 Å². The van der Waals surface area contributed by atoms with Crippen LogP contribution in [0.1, 0.15) is 22.6 Å². The third-order valence-corrected chi connectivity index (χ3v) is 2.91. The summed E-state index contributed by atoms with van der Waals surface area (Å²) in [7, 11) is 0. The molecule has 5 heteroatoms. The fourth-order valence-corrected chi connectivity index (χ4v) is 1.75. The first-order chi connectivity index (χ1) is 8.50. The van der Waals surface area contributed by atoms with Crippen LogP contribution in [0.15, 0.2) is 16.7 Å². The topological polar surface area (TPSA) is 38.1 Å². The fourth-order valence-electron chi connectivity index (χ4n) is 1.75. The molecule has 1 N–H and O–H groups in total. The summed E-state index contributed by atoms with van der Waals surface area (Å²) in [5.41, 5.74) is 1.82. The average Bonchev–Trinajstić information content (AvgIpc) is 2.65. The van der Waals surface area contributed by atoms with Gasteiger partial charge in [-0.25, -0.2) is 8.78 Å². The third-order valence-electron chi connectivity index (χ3n) is 2.91. The number of rotatable bonds is 3. The van der Waals surface area contributed by atoms with Gasteiger partial charge in [-0.05, 0) is 32.4 Å². The Hall–Kier alpha value is -1.91. The van der Waals surface area contributed by atoms with Crippen molar-refractivity contribution < 1.29 is 13.3 Å². The van der Waals surface area contributed by atoms with Gasteiger partial charge < -0.3 is 9.84 Å². The van der Waals surface area contributed by atoms with Crippen molar-refractivity contribution in [3.63, 3.8) is 0 Å². The molecule has 0 amide bonds. The van der Waals surface area contributed by atoms with E-state index in [1.54, 1.807) is 20.8 Å². The van der Waals surface area contributed by atoms with Crippen molar-refractivity contribution in [3.8, 4) is 0 Å². The number of halogens is 2. The van der Waals surface area contributed by atoms with E-state index in [0.717, 1.165) is 5.56 Å². The molecule has 0 atom stereocenters. The Morgan fingerprint density at radius 1 is 1.22 bits per heavy atom. The molecule has 96 valence electrons. The van der Waals surface area contributed by atoms with Crippen LogP contribution in [-0.4, -0.2) is 5.16 Å². The Balaban J connectivity index is 2.24. The molecule has 1 aromatic carbocycles. The second-order valence-corrected chi connectivity index (χ2v) is 4.21. The summed E-state index contributed by atoms with van der Waals surface area (Å²) >= 11 is 0. The maximum Gasteiger partial charge on any atom is 0.152 e. The quantitative estimate of drug-likeness (QED) is 0.908. The molecule has 2 aromatic rings. The molecule has 18 heavy (non-hydrogen) atoms. The Kier molecular flexibility index (Phi) is 3.32. The molecule has 0 aliphatic rings. The van der Waals surface area contributed by atoms with Crippen LogP contribution in [0.3, 0.4) is 0 Å². The summed E-state index contributed by atoms with van der Waals surface area (Å²) in [6.45, 7) is 5.42. The highest BCUT2D eigenvalue weighted by atomic mass is 19.1. The molecular weight excluding hydrogens is 238 g/mol. The Labute approximate surface area is 104 Å². The third kappa shape index (κ3) is 2.20. The average molecular weight is 252 g/mol. The number of hydrogen-bond acceptors (Lipinski definition) is 3. The summed E-state index contributed by atoms with van der Waals surface area (Å²) in [6, 6.07) is 2.65. The lowest BCUT2D eigenvalue weighted by Gasteiger charge is -2.10.